The molecule has 10 aromatic carbocycles. The van der Waals surface area contributed by atoms with E-state index < -0.39 is 15.8 Å². The molecule has 0 saturated carbocycles. The van der Waals surface area contributed by atoms with Crippen LogP contribution in [0.3, 0.4) is 0 Å². The van der Waals surface area contributed by atoms with Crippen molar-refractivity contribution in [3.8, 4) is 11.8 Å². The van der Waals surface area contributed by atoms with E-state index in [9.17, 15) is 0 Å². The van der Waals surface area contributed by atoms with Crippen molar-refractivity contribution in [2.45, 2.75) is 0 Å². The van der Waals surface area contributed by atoms with Gasteiger partial charge >= 0.3 is 44.8 Å². The summed E-state index contributed by atoms with van der Waals surface area (Å²) in [6.45, 7) is 0. The Morgan fingerprint density at radius 1 is 0.295 bits per heavy atom. The topological polar surface area (TPSA) is 0 Å². The van der Waals surface area contributed by atoms with Gasteiger partial charge in [-0.15, -0.1) is 23.3 Å². The van der Waals surface area contributed by atoms with Crippen LogP contribution in [0.15, 0.2) is 231 Å². The molecular formula is C57H42Ag2P2+2. The Morgan fingerprint density at radius 2 is 0.639 bits per heavy atom. The maximum absolute atomic E-state index is 7.35. The van der Waals surface area contributed by atoms with Gasteiger partial charge in [0.25, 0.3) is 0 Å². The third-order valence-electron chi connectivity index (χ3n) is 10.7. The van der Waals surface area contributed by atoms with Crippen LogP contribution in [-0.2, 0) is 44.8 Å². The van der Waals surface area contributed by atoms with Gasteiger partial charge in [-0.2, -0.15) is 0 Å². The molecule has 0 radical (unpaired) electrons. The molecule has 0 aliphatic carbocycles. The van der Waals surface area contributed by atoms with E-state index in [4.69, 9.17) is 12.8 Å². The van der Waals surface area contributed by atoms with Gasteiger partial charge in [0.2, 0.25) is 0 Å². The molecule has 0 heterocycles. The molecule has 0 unspecified atom stereocenters. The minimum atomic E-state index is -0.847. The van der Waals surface area contributed by atoms with Crippen molar-refractivity contribution in [2.75, 3.05) is 5.90 Å². The SMILES string of the molecule is [Ag+].[Ag+].[C-]#Cc1cc2ccccc2c2ccccc12.[C-]#Cc1cccc2c1ccc1ccccc12.c1ccc([PH+](C[PH+](c2ccccc2)c2ccccc2)c2ccccc2)cc1. The van der Waals surface area contributed by atoms with E-state index in [-0.39, 0.29) is 44.8 Å². The van der Waals surface area contributed by atoms with Crippen molar-refractivity contribution >= 4 is 80.2 Å². The molecule has 10 rings (SSSR count). The van der Waals surface area contributed by atoms with Crippen LogP contribution in [0.25, 0.3) is 43.1 Å². The van der Waals surface area contributed by atoms with Crippen LogP contribution in [0, 0.1) is 24.7 Å². The second-order valence-corrected chi connectivity index (χ2v) is 19.9. The molecule has 0 nitrogen and oxygen atoms in total. The number of rotatable bonds is 6. The van der Waals surface area contributed by atoms with Crippen molar-refractivity contribution in [1.82, 2.24) is 0 Å². The monoisotopic (exact) mass is 1000 g/mol. The van der Waals surface area contributed by atoms with E-state index >= 15 is 0 Å². The van der Waals surface area contributed by atoms with Gasteiger partial charge in [-0.3, -0.25) is 11.8 Å². The van der Waals surface area contributed by atoms with Gasteiger partial charge in [0, 0.05) is 0 Å². The van der Waals surface area contributed by atoms with Crippen LogP contribution in [-0.4, -0.2) is 5.90 Å². The Balaban J connectivity index is 0.000000159. The average molecular weight is 1000 g/mol. The van der Waals surface area contributed by atoms with Crippen molar-refractivity contribution in [2.24, 2.45) is 0 Å². The maximum Gasteiger partial charge on any atom is 1.00 e. The maximum atomic E-state index is 7.35. The number of hydrogen-bond acceptors (Lipinski definition) is 0. The molecule has 0 bridgehead atoms. The zero-order valence-electron chi connectivity index (χ0n) is 33.2. The van der Waals surface area contributed by atoms with Crippen molar-refractivity contribution in [3.05, 3.63) is 254 Å². The molecule has 0 saturated heterocycles. The smallest absolute Gasteiger partial charge is 0.366 e. The Bertz CT molecular complexity index is 2860. The molecule has 4 heteroatoms. The van der Waals surface area contributed by atoms with E-state index in [0.29, 0.717) is 0 Å². The Kier molecular flexibility index (Phi) is 16.7. The molecule has 300 valence electrons. The standard InChI is InChI=1S/C25H22P2.2C16H9.2Ag/c1-5-13-22(14-6-1)26(23-15-7-2-8-16-23)21-27(24-17-9-3-10-18-24)25-19-11-4-12-20-25;1-2-12-11-13-7-3-4-9-15(13)16-10-6-5-8-14(12)16;1-2-12-7-5-9-16-14-8-4-3-6-13(14)10-11-15(12)16;;/h1-20H,21H2;2*3-11H;;/q;2*-1;2*+1/p+2. The molecule has 0 atom stereocenters. The Morgan fingerprint density at radius 3 is 1.10 bits per heavy atom. The summed E-state index contributed by atoms with van der Waals surface area (Å²) in [6.07, 6.45) is 14.6. The van der Waals surface area contributed by atoms with Gasteiger partial charge in [-0.05, 0) is 80.8 Å². The summed E-state index contributed by atoms with van der Waals surface area (Å²) in [5.74, 6) is 6.24. The first kappa shape index (κ1) is 45.2. The summed E-state index contributed by atoms with van der Waals surface area (Å²) in [7, 11) is -1.69. The van der Waals surface area contributed by atoms with Crippen LogP contribution in [0.2, 0.25) is 0 Å². The Labute approximate surface area is 394 Å². The fraction of sp³-hybridized carbons (Fsp3) is 0.0175. The first-order valence-corrected chi connectivity index (χ1v) is 23.2. The third-order valence-corrected chi connectivity index (χ3v) is 17.6. The van der Waals surface area contributed by atoms with E-state index in [2.05, 4.69) is 182 Å². The number of hydrogen-bond donors (Lipinski definition) is 0. The first-order chi connectivity index (χ1) is 29.2. The van der Waals surface area contributed by atoms with E-state index in [1.54, 1.807) is 0 Å². The van der Waals surface area contributed by atoms with Gasteiger partial charge in [0.05, 0.1) is 0 Å². The summed E-state index contributed by atoms with van der Waals surface area (Å²) in [4.78, 5) is 0. The molecule has 0 spiro atoms. The molecule has 61 heavy (non-hydrogen) atoms. The molecule has 0 N–H and O–H groups in total. The van der Waals surface area contributed by atoms with E-state index in [1.165, 1.54) is 54.1 Å². The molecule has 0 aromatic heterocycles. The molecule has 10 aromatic rings. The van der Waals surface area contributed by atoms with Gasteiger partial charge in [-0.25, -0.2) is 0 Å². The second kappa shape index (κ2) is 22.5. The van der Waals surface area contributed by atoms with Crippen molar-refractivity contribution in [3.63, 3.8) is 0 Å². The van der Waals surface area contributed by atoms with Crippen LogP contribution >= 0.6 is 15.8 Å². The normalized spacial score (nSPS) is 10.4. The fourth-order valence-electron chi connectivity index (χ4n) is 7.78. The van der Waals surface area contributed by atoms with Crippen molar-refractivity contribution in [1.29, 1.82) is 0 Å². The fourth-order valence-corrected chi connectivity index (χ4v) is 15.5. The molecule has 0 aliphatic heterocycles. The zero-order valence-corrected chi connectivity index (χ0v) is 38.2. The van der Waals surface area contributed by atoms with E-state index in [1.807, 2.05) is 60.7 Å². The summed E-state index contributed by atoms with van der Waals surface area (Å²) in [6, 6.07) is 81.4. The number of benzene rings is 10. The van der Waals surface area contributed by atoms with Gasteiger partial charge in [0.15, 0.2) is 5.90 Å². The minimum absolute atomic E-state index is 0. The van der Waals surface area contributed by atoms with Gasteiger partial charge < -0.3 is 12.8 Å². The molecule has 0 fully saturated rings. The second-order valence-electron chi connectivity index (χ2n) is 14.2. The largest absolute Gasteiger partial charge is 1.00 e. The Hall–Kier alpha value is -5.30. The summed E-state index contributed by atoms with van der Waals surface area (Å²) < 4.78 is 0. The zero-order chi connectivity index (χ0) is 40.2. The van der Waals surface area contributed by atoms with E-state index in [0.717, 1.165) is 27.3 Å². The van der Waals surface area contributed by atoms with Crippen LogP contribution in [0.4, 0.5) is 0 Å². The summed E-state index contributed by atoms with van der Waals surface area (Å²) in [5, 5.41) is 15.4. The van der Waals surface area contributed by atoms with Crippen LogP contribution in [0.5, 0.6) is 0 Å². The van der Waals surface area contributed by atoms with Crippen LogP contribution < -0.4 is 21.2 Å². The summed E-state index contributed by atoms with van der Waals surface area (Å²) >= 11 is 0. The molecular weight excluding hydrogens is 962 g/mol. The third kappa shape index (κ3) is 10.8. The summed E-state index contributed by atoms with van der Waals surface area (Å²) in [5.41, 5.74) is 1.71. The molecule has 0 aliphatic rings. The van der Waals surface area contributed by atoms with Crippen molar-refractivity contribution < 1.29 is 44.8 Å². The average Bonchev–Trinajstić information content (AvgIpc) is 3.33. The van der Waals surface area contributed by atoms with Crippen LogP contribution in [0.1, 0.15) is 11.1 Å². The predicted octanol–water partition coefficient (Wildman–Crippen LogP) is 12.5. The van der Waals surface area contributed by atoms with Gasteiger partial charge in [-0.1, -0.05) is 181 Å². The van der Waals surface area contributed by atoms with Gasteiger partial charge in [0.1, 0.15) is 37.1 Å². The minimum Gasteiger partial charge on any atom is -0.366 e. The predicted molar refractivity (Wildman–Crippen MR) is 261 cm³/mol. The molecule has 0 amide bonds. The quantitative estimate of drug-likeness (QED) is 0.0512. The first-order valence-electron chi connectivity index (χ1n) is 19.8. The number of fused-ring (bicyclic) bond motifs is 6.